The highest BCUT2D eigenvalue weighted by molar-refractivity contribution is 6.69. The van der Waals surface area contributed by atoms with Crippen LogP contribution in [-0.2, 0) is 11.1 Å². The van der Waals surface area contributed by atoms with Crippen molar-refractivity contribution in [2.75, 3.05) is 4.90 Å². The molecule has 0 bridgehead atoms. The average molecular weight is 331 g/mol. The van der Waals surface area contributed by atoms with Gasteiger partial charge in [0.1, 0.15) is 11.9 Å². The number of aromatic nitrogens is 2. The third-order valence-corrected chi connectivity index (χ3v) is 4.13. The normalized spacial score (nSPS) is 16.8. The number of anilines is 2. The Balaban J connectivity index is 2.26. The molecule has 23 heavy (non-hydrogen) atoms. The number of fused-ring (bicyclic) bond motifs is 1. The molecule has 1 aromatic heterocycles. The molecule has 0 spiro atoms. The molecule has 1 N–H and O–H groups in total. The zero-order valence-electron chi connectivity index (χ0n) is 13.6. The van der Waals surface area contributed by atoms with Crippen molar-refractivity contribution in [3.63, 3.8) is 0 Å². The Morgan fingerprint density at radius 2 is 1.87 bits per heavy atom. The van der Waals surface area contributed by atoms with Crippen LogP contribution in [0.1, 0.15) is 39.0 Å². The van der Waals surface area contributed by atoms with Gasteiger partial charge in [0.05, 0.1) is 28.9 Å². The Kier molecular flexibility index (Phi) is 3.65. The van der Waals surface area contributed by atoms with Crippen LogP contribution in [0.5, 0.6) is 0 Å². The number of benzene rings is 1. The van der Waals surface area contributed by atoms with E-state index in [9.17, 15) is 5.11 Å². The summed E-state index contributed by atoms with van der Waals surface area (Å²) in [6.07, 6.45) is 3.23. The van der Waals surface area contributed by atoms with Gasteiger partial charge in [-0.25, -0.2) is 15.0 Å². The van der Waals surface area contributed by atoms with Gasteiger partial charge in [-0.3, -0.25) is 4.90 Å². The number of para-hydroxylation sites is 1. The minimum Gasteiger partial charge on any atom is -0.386 e. The number of hydrogen-bond acceptors (Lipinski definition) is 5. The number of nitrogens with zero attached hydrogens (tertiary/aromatic N) is 4. The van der Waals surface area contributed by atoms with Crippen LogP contribution >= 0.6 is 11.6 Å². The molecule has 0 unspecified atom stereocenters. The summed E-state index contributed by atoms with van der Waals surface area (Å²) in [4.78, 5) is 14.9. The summed E-state index contributed by atoms with van der Waals surface area (Å²) in [7, 11) is 0. The lowest BCUT2D eigenvalue weighted by atomic mass is 9.94. The molecule has 1 aliphatic rings. The Morgan fingerprint density at radius 3 is 2.57 bits per heavy atom. The van der Waals surface area contributed by atoms with E-state index in [1.54, 1.807) is 24.9 Å². The molecule has 0 saturated heterocycles. The van der Waals surface area contributed by atoms with E-state index in [1.165, 1.54) is 6.33 Å². The van der Waals surface area contributed by atoms with Crippen molar-refractivity contribution in [3.8, 4) is 0 Å². The van der Waals surface area contributed by atoms with Crippen LogP contribution in [0.3, 0.4) is 0 Å². The Hall–Kier alpha value is -1.98. The molecule has 2 aromatic rings. The predicted octanol–water partition coefficient (Wildman–Crippen LogP) is 3.69. The summed E-state index contributed by atoms with van der Waals surface area (Å²) in [5.41, 5.74) is 1.53. The van der Waals surface area contributed by atoms with Crippen molar-refractivity contribution in [1.29, 1.82) is 0 Å². The number of halogens is 1. The standard InChI is InChI=1S/C17H19ClN4O/c1-16(2)14-13(9-19-10-20-14)22(15(18)21-16)12-8-6-5-7-11(12)17(3,4)23/h5-10,23H,1-4H3. The summed E-state index contributed by atoms with van der Waals surface area (Å²) in [5, 5.41) is 10.8. The minimum absolute atomic E-state index is 0.328. The van der Waals surface area contributed by atoms with Crippen molar-refractivity contribution in [3.05, 3.63) is 48.0 Å². The molecule has 5 nitrogen and oxygen atoms in total. The molecule has 0 radical (unpaired) electrons. The topological polar surface area (TPSA) is 61.6 Å². The van der Waals surface area contributed by atoms with Gasteiger partial charge in [-0.2, -0.15) is 0 Å². The molecule has 120 valence electrons. The first-order valence-corrected chi connectivity index (χ1v) is 7.77. The SMILES string of the molecule is CC(C)(O)c1ccccc1N1C(Cl)=NC(C)(C)c2ncncc21. The van der Waals surface area contributed by atoms with Crippen LogP contribution in [0.4, 0.5) is 11.4 Å². The van der Waals surface area contributed by atoms with Crippen LogP contribution < -0.4 is 4.90 Å². The summed E-state index contributed by atoms with van der Waals surface area (Å²) in [5.74, 6) is 0. The van der Waals surface area contributed by atoms with Crippen LogP contribution in [-0.4, -0.2) is 20.4 Å². The van der Waals surface area contributed by atoms with Crippen molar-refractivity contribution < 1.29 is 5.11 Å². The van der Waals surface area contributed by atoms with Gasteiger partial charge in [0, 0.05) is 5.56 Å². The van der Waals surface area contributed by atoms with Crippen molar-refractivity contribution >= 4 is 28.3 Å². The van der Waals surface area contributed by atoms with Crippen molar-refractivity contribution in [2.24, 2.45) is 4.99 Å². The van der Waals surface area contributed by atoms with E-state index in [-0.39, 0.29) is 0 Å². The van der Waals surface area contributed by atoms with Gasteiger partial charge in [0.2, 0.25) is 5.29 Å². The van der Waals surface area contributed by atoms with Gasteiger partial charge in [0.25, 0.3) is 0 Å². The zero-order valence-corrected chi connectivity index (χ0v) is 14.3. The Morgan fingerprint density at radius 1 is 1.17 bits per heavy atom. The highest BCUT2D eigenvalue weighted by atomic mass is 35.5. The number of rotatable bonds is 2. The highest BCUT2D eigenvalue weighted by Crippen LogP contribution is 2.42. The molecule has 1 aromatic carbocycles. The van der Waals surface area contributed by atoms with E-state index in [0.29, 0.717) is 5.29 Å². The molecule has 3 rings (SSSR count). The maximum absolute atomic E-state index is 10.5. The predicted molar refractivity (Wildman–Crippen MR) is 92.2 cm³/mol. The van der Waals surface area contributed by atoms with Gasteiger partial charge < -0.3 is 5.11 Å². The lowest BCUT2D eigenvalue weighted by Gasteiger charge is -2.36. The lowest BCUT2D eigenvalue weighted by molar-refractivity contribution is 0.0792. The van der Waals surface area contributed by atoms with E-state index < -0.39 is 11.1 Å². The van der Waals surface area contributed by atoms with Crippen LogP contribution in [0.25, 0.3) is 0 Å². The Bertz CT molecular complexity index is 780. The number of hydrogen-bond donors (Lipinski definition) is 1. The first-order valence-electron chi connectivity index (χ1n) is 7.39. The van der Waals surface area contributed by atoms with E-state index in [1.807, 2.05) is 38.1 Å². The van der Waals surface area contributed by atoms with Gasteiger partial charge >= 0.3 is 0 Å². The third-order valence-electron chi connectivity index (χ3n) is 3.87. The van der Waals surface area contributed by atoms with Crippen molar-refractivity contribution in [2.45, 2.75) is 38.8 Å². The van der Waals surface area contributed by atoms with E-state index >= 15 is 0 Å². The molecule has 6 heteroatoms. The quantitative estimate of drug-likeness (QED) is 0.853. The Labute approximate surface area is 140 Å². The summed E-state index contributed by atoms with van der Waals surface area (Å²) in [6, 6.07) is 7.57. The second-order valence-electron chi connectivity index (χ2n) is 6.61. The number of amidine groups is 1. The molecule has 0 saturated carbocycles. The molecule has 0 amide bonds. The second-order valence-corrected chi connectivity index (χ2v) is 6.95. The molecule has 0 aliphatic carbocycles. The van der Waals surface area contributed by atoms with Gasteiger partial charge in [-0.15, -0.1) is 0 Å². The maximum Gasteiger partial charge on any atom is 0.204 e. The monoisotopic (exact) mass is 330 g/mol. The molecule has 0 atom stereocenters. The third kappa shape index (κ3) is 2.71. The highest BCUT2D eigenvalue weighted by Gasteiger charge is 2.36. The van der Waals surface area contributed by atoms with Gasteiger partial charge in [-0.1, -0.05) is 18.2 Å². The van der Waals surface area contributed by atoms with Gasteiger partial charge in [-0.05, 0) is 45.4 Å². The fraction of sp³-hybridized carbons (Fsp3) is 0.353. The lowest BCUT2D eigenvalue weighted by Crippen LogP contribution is -2.35. The van der Waals surface area contributed by atoms with Crippen LogP contribution in [0.2, 0.25) is 0 Å². The maximum atomic E-state index is 10.5. The summed E-state index contributed by atoms with van der Waals surface area (Å²) in [6.45, 7) is 7.40. The molecule has 0 fully saturated rings. The molecule has 2 heterocycles. The minimum atomic E-state index is -1.02. The number of aliphatic hydroxyl groups is 1. The smallest absolute Gasteiger partial charge is 0.204 e. The molecular formula is C17H19ClN4O. The van der Waals surface area contributed by atoms with Crippen LogP contribution in [0.15, 0.2) is 41.8 Å². The fourth-order valence-electron chi connectivity index (χ4n) is 2.81. The number of aliphatic imine (C=N–C) groups is 1. The average Bonchev–Trinajstić information content (AvgIpc) is 2.46. The first kappa shape index (κ1) is 15.9. The van der Waals surface area contributed by atoms with E-state index in [0.717, 1.165) is 22.6 Å². The second kappa shape index (κ2) is 5.28. The largest absolute Gasteiger partial charge is 0.386 e. The summed E-state index contributed by atoms with van der Waals surface area (Å²) >= 11 is 6.49. The molecular weight excluding hydrogens is 312 g/mol. The van der Waals surface area contributed by atoms with E-state index in [2.05, 4.69) is 15.0 Å². The van der Waals surface area contributed by atoms with Crippen molar-refractivity contribution in [1.82, 2.24) is 9.97 Å². The van der Waals surface area contributed by atoms with Gasteiger partial charge in [0.15, 0.2) is 0 Å². The van der Waals surface area contributed by atoms with E-state index in [4.69, 9.17) is 11.6 Å². The fourth-order valence-corrected chi connectivity index (χ4v) is 3.20. The zero-order chi connectivity index (χ0) is 16.8. The summed E-state index contributed by atoms with van der Waals surface area (Å²) < 4.78 is 0. The first-order chi connectivity index (χ1) is 10.7. The molecule has 1 aliphatic heterocycles. The van der Waals surface area contributed by atoms with Crippen LogP contribution in [0, 0.1) is 0 Å².